The summed E-state index contributed by atoms with van der Waals surface area (Å²) < 4.78 is 18.2. The first-order valence-corrected chi connectivity index (χ1v) is 11.1. The lowest BCUT2D eigenvalue weighted by atomic mass is 10.0. The highest BCUT2D eigenvalue weighted by Crippen LogP contribution is 2.41. The molecule has 1 N–H and O–H groups in total. The van der Waals surface area contributed by atoms with E-state index in [-0.39, 0.29) is 5.75 Å². The molecular formula is C25H25N3O4S. The molecule has 7 nitrogen and oxygen atoms in total. The zero-order valence-electron chi connectivity index (χ0n) is 19.1. The van der Waals surface area contributed by atoms with Gasteiger partial charge >= 0.3 is 0 Å². The van der Waals surface area contributed by atoms with Crippen LogP contribution in [0.25, 0.3) is 22.0 Å². The van der Waals surface area contributed by atoms with Gasteiger partial charge in [-0.1, -0.05) is 30.3 Å². The number of phenols is 1. The quantitative estimate of drug-likeness (QED) is 0.413. The monoisotopic (exact) mass is 463 g/mol. The number of methoxy groups -OCH3 is 3. The highest BCUT2D eigenvalue weighted by atomic mass is 32.1. The summed E-state index contributed by atoms with van der Waals surface area (Å²) in [7, 11) is 6.46. The third-order valence-electron chi connectivity index (χ3n) is 5.38. The highest BCUT2D eigenvalue weighted by Gasteiger charge is 2.17. The summed E-state index contributed by atoms with van der Waals surface area (Å²) >= 11 is 1.47. The van der Waals surface area contributed by atoms with Crippen molar-refractivity contribution in [1.82, 2.24) is 4.68 Å². The van der Waals surface area contributed by atoms with E-state index in [0.717, 1.165) is 22.0 Å². The van der Waals surface area contributed by atoms with Crippen molar-refractivity contribution < 1.29 is 19.3 Å². The zero-order chi connectivity index (χ0) is 23.5. The maximum atomic E-state index is 10.9. The van der Waals surface area contributed by atoms with E-state index in [0.29, 0.717) is 33.3 Å². The van der Waals surface area contributed by atoms with Crippen LogP contribution >= 0.6 is 11.3 Å². The van der Waals surface area contributed by atoms with E-state index >= 15 is 0 Å². The summed E-state index contributed by atoms with van der Waals surface area (Å²) in [6, 6.07) is 15.3. The van der Waals surface area contributed by atoms with Crippen LogP contribution in [0.1, 0.15) is 12.5 Å². The van der Waals surface area contributed by atoms with Gasteiger partial charge < -0.3 is 19.3 Å². The van der Waals surface area contributed by atoms with Crippen molar-refractivity contribution in [2.24, 2.45) is 10.1 Å². The molecule has 0 unspecified atom stereocenters. The Balaban J connectivity index is 1.89. The van der Waals surface area contributed by atoms with Crippen LogP contribution in [0.15, 0.2) is 64.0 Å². The summed E-state index contributed by atoms with van der Waals surface area (Å²) in [5.74, 6) is 1.82. The molecule has 0 aliphatic rings. The number of rotatable bonds is 6. The summed E-state index contributed by atoms with van der Waals surface area (Å²) in [6.07, 6.45) is 0. The van der Waals surface area contributed by atoms with Crippen molar-refractivity contribution in [3.05, 3.63) is 64.3 Å². The number of hydrogen-bond acceptors (Lipinski definition) is 7. The lowest BCUT2D eigenvalue weighted by Gasteiger charge is -2.14. The Bertz CT molecular complexity index is 1390. The number of hydrogen-bond donors (Lipinski definition) is 1. The molecule has 8 heteroatoms. The topological polar surface area (TPSA) is 77.6 Å². The first-order chi connectivity index (χ1) is 16.0. The van der Waals surface area contributed by atoms with Gasteiger partial charge in [0.25, 0.3) is 0 Å². The number of aromatic hydroxyl groups is 1. The Labute approximate surface area is 195 Å². The Morgan fingerprint density at radius 2 is 1.67 bits per heavy atom. The van der Waals surface area contributed by atoms with Gasteiger partial charge in [0.1, 0.15) is 5.75 Å². The fourth-order valence-electron chi connectivity index (χ4n) is 3.73. The standard InChI is InChI=1S/C25H25N3O4S/c1-15(18-11-10-16-8-6-7-9-19(16)23(18)29)27-28-20(14-33-25(28)26-2)17-12-21(30-3)24(32-5)22(13-17)31-4/h6-14,29H,1-5H3. The molecule has 0 atom stereocenters. The van der Waals surface area contributed by atoms with Crippen LogP contribution in [-0.4, -0.2) is 43.9 Å². The number of fused-ring (bicyclic) bond motifs is 1. The van der Waals surface area contributed by atoms with Crippen molar-refractivity contribution in [2.45, 2.75) is 6.92 Å². The van der Waals surface area contributed by atoms with Gasteiger partial charge in [-0.25, -0.2) is 4.68 Å². The summed E-state index contributed by atoms with van der Waals surface area (Å²) in [5, 5.41) is 19.5. The Morgan fingerprint density at radius 1 is 0.970 bits per heavy atom. The normalized spacial score (nSPS) is 12.3. The largest absolute Gasteiger partial charge is 0.507 e. The van der Waals surface area contributed by atoms with E-state index in [9.17, 15) is 5.11 Å². The van der Waals surface area contributed by atoms with Gasteiger partial charge in [-0.2, -0.15) is 5.10 Å². The van der Waals surface area contributed by atoms with Crippen molar-refractivity contribution >= 4 is 27.8 Å². The summed E-state index contributed by atoms with van der Waals surface area (Å²) in [4.78, 5) is 5.09. The molecule has 0 radical (unpaired) electrons. The third kappa shape index (κ3) is 4.05. The van der Waals surface area contributed by atoms with Gasteiger partial charge in [-0.05, 0) is 30.5 Å². The Morgan fingerprint density at radius 3 is 2.30 bits per heavy atom. The number of phenolic OH excluding ortho intramolecular Hbond substituents is 1. The van der Waals surface area contributed by atoms with Crippen LogP contribution < -0.4 is 19.0 Å². The molecule has 0 aliphatic heterocycles. The van der Waals surface area contributed by atoms with Crippen molar-refractivity contribution in [1.29, 1.82) is 0 Å². The smallest absolute Gasteiger partial charge is 0.205 e. The average molecular weight is 464 g/mol. The first kappa shape index (κ1) is 22.4. The number of ether oxygens (including phenoxy) is 3. The molecule has 1 heterocycles. The second-order valence-electron chi connectivity index (χ2n) is 7.22. The maximum absolute atomic E-state index is 10.9. The molecule has 0 fully saturated rings. The minimum atomic E-state index is 0.203. The minimum absolute atomic E-state index is 0.203. The van der Waals surface area contributed by atoms with Gasteiger partial charge in [-0.3, -0.25) is 4.99 Å². The molecule has 1 aromatic heterocycles. The molecule has 0 amide bonds. The molecule has 0 aliphatic carbocycles. The van der Waals surface area contributed by atoms with Crippen LogP contribution in [0.2, 0.25) is 0 Å². The second-order valence-corrected chi connectivity index (χ2v) is 8.06. The van der Waals surface area contributed by atoms with Gasteiger partial charge in [-0.15, -0.1) is 11.3 Å². The van der Waals surface area contributed by atoms with Gasteiger partial charge in [0.05, 0.1) is 32.7 Å². The predicted molar refractivity (Wildman–Crippen MR) is 132 cm³/mol. The number of thiazole rings is 1. The molecule has 0 saturated carbocycles. The van der Waals surface area contributed by atoms with E-state index in [1.807, 2.05) is 60.8 Å². The van der Waals surface area contributed by atoms with E-state index in [1.165, 1.54) is 11.3 Å². The average Bonchev–Trinajstić information content (AvgIpc) is 3.25. The van der Waals surface area contributed by atoms with Crippen molar-refractivity contribution in [3.8, 4) is 34.3 Å². The number of aromatic nitrogens is 1. The molecule has 0 bridgehead atoms. The lowest BCUT2D eigenvalue weighted by molar-refractivity contribution is 0.324. The van der Waals surface area contributed by atoms with Crippen LogP contribution in [0.3, 0.4) is 0 Å². The predicted octanol–water partition coefficient (Wildman–Crippen LogP) is 4.90. The fourth-order valence-corrected chi connectivity index (χ4v) is 4.52. The molecule has 4 rings (SSSR count). The first-order valence-electron chi connectivity index (χ1n) is 10.2. The van der Waals surface area contributed by atoms with Crippen molar-refractivity contribution in [2.75, 3.05) is 28.4 Å². The third-order valence-corrected chi connectivity index (χ3v) is 6.28. The van der Waals surface area contributed by atoms with Gasteiger partial charge in [0.15, 0.2) is 11.5 Å². The maximum Gasteiger partial charge on any atom is 0.205 e. The second kappa shape index (κ2) is 9.38. The van der Waals surface area contributed by atoms with E-state index < -0.39 is 0 Å². The fraction of sp³-hybridized carbons (Fsp3) is 0.200. The molecular weight excluding hydrogens is 438 g/mol. The number of benzene rings is 3. The lowest BCUT2D eigenvalue weighted by Crippen LogP contribution is -2.14. The molecule has 170 valence electrons. The van der Waals surface area contributed by atoms with Crippen LogP contribution in [-0.2, 0) is 0 Å². The Hall–Kier alpha value is -3.78. The summed E-state index contributed by atoms with van der Waals surface area (Å²) in [6.45, 7) is 1.87. The molecule has 0 saturated heterocycles. The molecule has 4 aromatic rings. The van der Waals surface area contributed by atoms with E-state index in [4.69, 9.17) is 19.3 Å². The zero-order valence-corrected chi connectivity index (χ0v) is 19.9. The van der Waals surface area contributed by atoms with Gasteiger partial charge in [0.2, 0.25) is 10.6 Å². The number of nitrogens with zero attached hydrogens (tertiary/aromatic N) is 3. The van der Waals surface area contributed by atoms with Crippen molar-refractivity contribution in [3.63, 3.8) is 0 Å². The van der Waals surface area contributed by atoms with Crippen LogP contribution in [0.4, 0.5) is 0 Å². The minimum Gasteiger partial charge on any atom is -0.507 e. The molecule has 33 heavy (non-hydrogen) atoms. The highest BCUT2D eigenvalue weighted by molar-refractivity contribution is 7.07. The van der Waals surface area contributed by atoms with E-state index in [1.54, 1.807) is 33.1 Å². The van der Waals surface area contributed by atoms with Crippen LogP contribution in [0, 0.1) is 0 Å². The Kier molecular flexibility index (Phi) is 6.37. The SMILES string of the molecule is CN=c1scc(-c2cc(OC)c(OC)c(OC)c2)n1N=C(C)c1ccc2ccccc2c1O. The van der Waals surface area contributed by atoms with E-state index in [2.05, 4.69) is 4.99 Å². The van der Waals surface area contributed by atoms with Gasteiger partial charge in [0, 0.05) is 28.9 Å². The summed E-state index contributed by atoms with van der Waals surface area (Å²) in [5.41, 5.74) is 2.94. The molecule has 0 spiro atoms. The molecule has 3 aromatic carbocycles. The van der Waals surface area contributed by atoms with Crippen LogP contribution in [0.5, 0.6) is 23.0 Å².